The summed E-state index contributed by atoms with van der Waals surface area (Å²) < 4.78 is 52.2. The third-order valence-electron chi connectivity index (χ3n) is 3.69. The zero-order valence-electron chi connectivity index (χ0n) is 14.3. The second kappa shape index (κ2) is 7.59. The minimum absolute atomic E-state index is 0.238. The summed E-state index contributed by atoms with van der Waals surface area (Å²) in [6.07, 6.45) is 0.954. The Hall–Kier alpha value is -2.19. The van der Waals surface area contributed by atoms with E-state index in [2.05, 4.69) is 5.32 Å². The van der Waals surface area contributed by atoms with Crippen LogP contribution in [-0.4, -0.2) is 26.6 Å². The lowest BCUT2D eigenvalue weighted by Crippen LogP contribution is -2.45. The van der Waals surface area contributed by atoms with Crippen LogP contribution in [0.25, 0.3) is 0 Å². The van der Waals surface area contributed by atoms with E-state index in [0.717, 1.165) is 22.7 Å². The highest BCUT2D eigenvalue weighted by atomic mass is 35.5. The van der Waals surface area contributed by atoms with E-state index in [4.69, 9.17) is 11.6 Å². The average molecular weight is 403 g/mol. The summed E-state index contributed by atoms with van der Waals surface area (Å²) in [6.45, 7) is 3.03. The molecule has 0 aliphatic carbocycles. The lowest BCUT2D eigenvalue weighted by molar-refractivity contribution is -0.116. The molecule has 9 heteroatoms. The number of halogens is 3. The average Bonchev–Trinajstić information content (AvgIpc) is 2.52. The molecule has 0 saturated carbocycles. The zero-order valence-corrected chi connectivity index (χ0v) is 15.8. The number of aryl methyl sites for hydroxylation is 1. The molecule has 0 spiro atoms. The molecule has 0 unspecified atom stereocenters. The number of nitrogens with zero attached hydrogens (tertiary/aromatic N) is 1. The smallest absolute Gasteiger partial charge is 0.248 e. The van der Waals surface area contributed by atoms with Gasteiger partial charge in [0.15, 0.2) is 0 Å². The van der Waals surface area contributed by atoms with Crippen LogP contribution in [0.15, 0.2) is 36.4 Å². The van der Waals surface area contributed by atoms with Crippen LogP contribution in [0.3, 0.4) is 0 Å². The van der Waals surface area contributed by atoms with Crippen molar-refractivity contribution < 1.29 is 22.0 Å². The van der Waals surface area contributed by atoms with Gasteiger partial charge < -0.3 is 5.32 Å². The number of hydrogen-bond donors (Lipinski definition) is 1. The minimum atomic E-state index is -3.85. The summed E-state index contributed by atoms with van der Waals surface area (Å²) in [4.78, 5) is 12.5. The topological polar surface area (TPSA) is 66.5 Å². The van der Waals surface area contributed by atoms with Crippen molar-refractivity contribution in [1.82, 2.24) is 0 Å². The summed E-state index contributed by atoms with van der Waals surface area (Å²) >= 11 is 5.95. The quantitative estimate of drug-likeness (QED) is 0.828. The molecule has 2 rings (SSSR count). The Bertz CT molecular complexity index is 951. The van der Waals surface area contributed by atoms with E-state index < -0.39 is 33.6 Å². The van der Waals surface area contributed by atoms with Crippen LogP contribution in [0.2, 0.25) is 5.02 Å². The van der Waals surface area contributed by atoms with Gasteiger partial charge in [-0.25, -0.2) is 17.2 Å². The monoisotopic (exact) mass is 402 g/mol. The second-order valence-electron chi connectivity index (χ2n) is 5.78. The van der Waals surface area contributed by atoms with Gasteiger partial charge in [-0.3, -0.25) is 9.10 Å². The molecule has 1 atom stereocenters. The fourth-order valence-electron chi connectivity index (χ4n) is 2.43. The molecule has 0 radical (unpaired) electrons. The first-order valence-electron chi connectivity index (χ1n) is 7.52. The fraction of sp³-hybridized carbons (Fsp3) is 0.235. The first-order chi connectivity index (χ1) is 12.0. The number of rotatable bonds is 5. The van der Waals surface area contributed by atoms with Crippen molar-refractivity contribution in [2.24, 2.45) is 0 Å². The Labute approximate surface area is 155 Å². The van der Waals surface area contributed by atoms with Gasteiger partial charge in [-0.15, -0.1) is 0 Å². The molecule has 5 nitrogen and oxygen atoms in total. The largest absolute Gasteiger partial charge is 0.322 e. The SMILES string of the molecule is Cc1ccc(Cl)cc1N([C@@H](C)C(=O)Nc1ccc(F)cc1F)S(C)(=O)=O. The summed E-state index contributed by atoms with van der Waals surface area (Å²) in [7, 11) is -3.85. The molecular formula is C17H17ClF2N2O3S. The number of carbonyl (C=O) groups is 1. The van der Waals surface area contributed by atoms with E-state index >= 15 is 0 Å². The molecule has 2 aromatic carbocycles. The van der Waals surface area contributed by atoms with Gasteiger partial charge in [-0.05, 0) is 43.7 Å². The van der Waals surface area contributed by atoms with Crippen molar-refractivity contribution in [3.63, 3.8) is 0 Å². The molecule has 0 aliphatic rings. The second-order valence-corrected chi connectivity index (χ2v) is 8.07. The van der Waals surface area contributed by atoms with E-state index in [1.54, 1.807) is 19.1 Å². The van der Waals surface area contributed by atoms with E-state index in [0.29, 0.717) is 16.7 Å². The summed E-state index contributed by atoms with van der Waals surface area (Å²) in [6, 6.07) is 6.12. The van der Waals surface area contributed by atoms with E-state index in [-0.39, 0.29) is 11.4 Å². The maximum absolute atomic E-state index is 13.7. The van der Waals surface area contributed by atoms with Crippen molar-refractivity contribution in [2.45, 2.75) is 19.9 Å². The Morgan fingerprint density at radius 3 is 2.42 bits per heavy atom. The highest BCUT2D eigenvalue weighted by molar-refractivity contribution is 7.92. The maximum Gasteiger partial charge on any atom is 0.248 e. The molecule has 1 amide bonds. The van der Waals surface area contributed by atoms with Gasteiger partial charge in [0.2, 0.25) is 15.9 Å². The van der Waals surface area contributed by atoms with Crippen molar-refractivity contribution >= 4 is 38.9 Å². The molecule has 1 N–H and O–H groups in total. The molecule has 0 aromatic heterocycles. The maximum atomic E-state index is 13.7. The molecule has 0 fully saturated rings. The van der Waals surface area contributed by atoms with Crippen LogP contribution in [0, 0.1) is 18.6 Å². The van der Waals surface area contributed by atoms with Crippen LogP contribution < -0.4 is 9.62 Å². The molecule has 0 saturated heterocycles. The van der Waals surface area contributed by atoms with Gasteiger partial charge in [0, 0.05) is 11.1 Å². The van der Waals surface area contributed by atoms with Crippen molar-refractivity contribution in [3.8, 4) is 0 Å². The number of nitrogens with one attached hydrogen (secondary N) is 1. The van der Waals surface area contributed by atoms with Gasteiger partial charge in [0.25, 0.3) is 0 Å². The Balaban J connectivity index is 2.39. The third kappa shape index (κ3) is 4.50. The van der Waals surface area contributed by atoms with Gasteiger partial charge >= 0.3 is 0 Å². The predicted octanol–water partition coefficient (Wildman–Crippen LogP) is 3.72. The van der Waals surface area contributed by atoms with Crippen molar-refractivity contribution in [1.29, 1.82) is 0 Å². The van der Waals surface area contributed by atoms with Gasteiger partial charge in [0.1, 0.15) is 17.7 Å². The summed E-state index contributed by atoms with van der Waals surface area (Å²) in [5.74, 6) is -2.53. The molecule has 0 heterocycles. The summed E-state index contributed by atoms with van der Waals surface area (Å²) in [5.41, 5.74) is 0.578. The molecule has 2 aromatic rings. The normalized spacial score (nSPS) is 12.5. The highest BCUT2D eigenvalue weighted by Gasteiger charge is 2.30. The molecule has 0 bridgehead atoms. The Morgan fingerprint density at radius 2 is 1.85 bits per heavy atom. The number of hydrogen-bond acceptors (Lipinski definition) is 3. The fourth-order valence-corrected chi connectivity index (χ4v) is 3.82. The first kappa shape index (κ1) is 20.1. The number of sulfonamides is 1. The highest BCUT2D eigenvalue weighted by Crippen LogP contribution is 2.28. The zero-order chi connectivity index (χ0) is 19.6. The number of anilines is 2. The number of carbonyl (C=O) groups excluding carboxylic acids is 1. The Kier molecular flexibility index (Phi) is 5.87. The summed E-state index contributed by atoms with van der Waals surface area (Å²) in [5, 5.41) is 2.58. The van der Waals surface area contributed by atoms with Crippen LogP contribution in [-0.2, 0) is 14.8 Å². The molecule has 0 aliphatic heterocycles. The Morgan fingerprint density at radius 1 is 1.19 bits per heavy atom. The van der Waals surface area contributed by atoms with Gasteiger partial charge in [0.05, 0.1) is 17.6 Å². The van der Waals surface area contributed by atoms with Gasteiger partial charge in [-0.2, -0.15) is 0 Å². The van der Waals surface area contributed by atoms with E-state index in [1.165, 1.54) is 13.0 Å². The lowest BCUT2D eigenvalue weighted by atomic mass is 10.1. The molecule has 140 valence electrons. The lowest BCUT2D eigenvalue weighted by Gasteiger charge is -2.29. The van der Waals surface area contributed by atoms with Crippen LogP contribution in [0.5, 0.6) is 0 Å². The first-order valence-corrected chi connectivity index (χ1v) is 9.75. The third-order valence-corrected chi connectivity index (χ3v) is 5.15. The number of benzene rings is 2. The minimum Gasteiger partial charge on any atom is -0.322 e. The molecule has 26 heavy (non-hydrogen) atoms. The van der Waals surface area contributed by atoms with Crippen LogP contribution >= 0.6 is 11.6 Å². The van der Waals surface area contributed by atoms with Crippen LogP contribution in [0.4, 0.5) is 20.2 Å². The number of amides is 1. The van der Waals surface area contributed by atoms with Crippen LogP contribution in [0.1, 0.15) is 12.5 Å². The van der Waals surface area contributed by atoms with E-state index in [9.17, 15) is 22.0 Å². The predicted molar refractivity (Wildman–Crippen MR) is 98.0 cm³/mol. The van der Waals surface area contributed by atoms with Crippen molar-refractivity contribution in [3.05, 3.63) is 58.6 Å². The molecular weight excluding hydrogens is 386 g/mol. The van der Waals surface area contributed by atoms with Crippen molar-refractivity contribution in [2.75, 3.05) is 15.9 Å². The standard InChI is InChI=1S/C17H17ClF2N2O3S/c1-10-4-5-12(18)8-16(10)22(26(3,24)25)11(2)17(23)21-15-7-6-13(19)9-14(15)20/h4-9,11H,1-3H3,(H,21,23)/t11-/m0/s1. The van der Waals surface area contributed by atoms with Gasteiger partial charge in [-0.1, -0.05) is 17.7 Å². The van der Waals surface area contributed by atoms with E-state index in [1.807, 2.05) is 0 Å².